The molecule has 1 aliphatic heterocycles. The van der Waals surface area contributed by atoms with Gasteiger partial charge in [-0.25, -0.2) is 4.79 Å². The molecule has 1 aliphatic carbocycles. The van der Waals surface area contributed by atoms with Crippen LogP contribution in [0.4, 0.5) is 5.69 Å². The molecule has 2 atom stereocenters. The number of nitrogens with zero attached hydrogens (tertiary/aromatic N) is 1. The fraction of sp³-hybridized carbons (Fsp3) is 0.227. The average Bonchev–Trinajstić information content (AvgIpc) is 2.98. The van der Waals surface area contributed by atoms with Gasteiger partial charge in [-0.3, -0.25) is 14.5 Å². The van der Waals surface area contributed by atoms with E-state index >= 15 is 0 Å². The number of imide groups is 1. The van der Waals surface area contributed by atoms with Crippen molar-refractivity contribution in [2.45, 2.75) is 19.4 Å². The summed E-state index contributed by atoms with van der Waals surface area (Å²) in [5.41, 5.74) is 1.76. The summed E-state index contributed by atoms with van der Waals surface area (Å²) in [6.45, 7) is 0.174. The summed E-state index contributed by atoms with van der Waals surface area (Å²) in [6.07, 6.45) is 5.12. The molecule has 0 radical (unpaired) electrons. The number of carbonyl (C=O) groups excluding carboxylic acids is 3. The molecule has 0 saturated carbocycles. The molecule has 0 bridgehead atoms. The van der Waals surface area contributed by atoms with Crippen molar-refractivity contribution in [2.24, 2.45) is 11.8 Å². The highest BCUT2D eigenvalue weighted by molar-refractivity contribution is 9.10. The number of benzene rings is 2. The fourth-order valence-corrected chi connectivity index (χ4v) is 3.88. The first-order chi connectivity index (χ1) is 13.5. The van der Waals surface area contributed by atoms with E-state index < -0.39 is 5.97 Å². The number of carbonyl (C=O) groups is 3. The third kappa shape index (κ3) is 3.52. The highest BCUT2D eigenvalue weighted by Crippen LogP contribution is 2.37. The van der Waals surface area contributed by atoms with Crippen molar-refractivity contribution >= 4 is 39.4 Å². The van der Waals surface area contributed by atoms with Crippen molar-refractivity contribution in [1.82, 2.24) is 0 Å². The predicted octanol–water partition coefficient (Wildman–Crippen LogP) is 4.26. The van der Waals surface area contributed by atoms with E-state index in [0.717, 1.165) is 10.0 Å². The van der Waals surface area contributed by atoms with E-state index in [1.165, 1.54) is 4.90 Å². The van der Waals surface area contributed by atoms with E-state index in [-0.39, 0.29) is 30.3 Å². The molecule has 1 fully saturated rings. The molecule has 1 heterocycles. The summed E-state index contributed by atoms with van der Waals surface area (Å²) < 4.78 is 6.29. The monoisotopic (exact) mass is 439 g/mol. The fourth-order valence-electron chi connectivity index (χ4n) is 3.61. The van der Waals surface area contributed by atoms with Crippen molar-refractivity contribution < 1.29 is 19.1 Å². The summed E-state index contributed by atoms with van der Waals surface area (Å²) >= 11 is 3.36. The third-order valence-corrected chi connectivity index (χ3v) is 5.68. The van der Waals surface area contributed by atoms with E-state index in [4.69, 9.17) is 4.74 Å². The normalized spacial score (nSPS) is 21.0. The SMILES string of the molecule is O=C(OCc1ccc(Br)cc1)c1ccc(N2C(=O)[C@H]3CC=CC[C@H]3C2=O)cc1. The molecule has 5 nitrogen and oxygen atoms in total. The van der Waals surface area contributed by atoms with Crippen molar-refractivity contribution in [2.75, 3.05) is 4.90 Å². The number of hydrogen-bond donors (Lipinski definition) is 0. The Hall–Kier alpha value is -2.73. The predicted molar refractivity (Wildman–Crippen MR) is 108 cm³/mol. The lowest BCUT2D eigenvalue weighted by atomic mass is 9.85. The maximum atomic E-state index is 12.6. The van der Waals surface area contributed by atoms with Gasteiger partial charge in [0, 0.05) is 4.47 Å². The molecule has 28 heavy (non-hydrogen) atoms. The van der Waals surface area contributed by atoms with Crippen LogP contribution in [0.25, 0.3) is 0 Å². The lowest BCUT2D eigenvalue weighted by molar-refractivity contribution is -0.122. The van der Waals surface area contributed by atoms with Crippen LogP contribution in [-0.4, -0.2) is 17.8 Å². The summed E-state index contributed by atoms with van der Waals surface area (Å²) in [7, 11) is 0. The quantitative estimate of drug-likeness (QED) is 0.405. The zero-order chi connectivity index (χ0) is 19.7. The Labute approximate surface area is 171 Å². The summed E-state index contributed by atoms with van der Waals surface area (Å²) in [6, 6.07) is 13.9. The molecule has 0 aromatic heterocycles. The number of hydrogen-bond acceptors (Lipinski definition) is 4. The van der Waals surface area contributed by atoms with Gasteiger partial charge in [-0.1, -0.05) is 40.2 Å². The summed E-state index contributed by atoms with van der Waals surface area (Å²) in [4.78, 5) is 38.8. The standard InChI is InChI=1S/C22H18BrNO4/c23-16-9-5-14(6-10-16)13-28-22(27)15-7-11-17(12-8-15)24-20(25)18-3-1-2-4-19(18)21(24)26/h1-2,5-12,18-19H,3-4,13H2/t18-,19+. The van der Waals surface area contributed by atoms with Crippen LogP contribution < -0.4 is 4.90 Å². The minimum Gasteiger partial charge on any atom is -0.457 e. The Kier molecular flexibility index (Phi) is 5.13. The van der Waals surface area contributed by atoms with Crippen LogP contribution in [0.3, 0.4) is 0 Å². The van der Waals surface area contributed by atoms with E-state index in [2.05, 4.69) is 15.9 Å². The maximum Gasteiger partial charge on any atom is 0.338 e. The van der Waals surface area contributed by atoms with Gasteiger partial charge in [-0.05, 0) is 54.8 Å². The van der Waals surface area contributed by atoms with Crippen molar-refractivity contribution in [3.05, 3.63) is 76.3 Å². The first-order valence-electron chi connectivity index (χ1n) is 9.09. The van der Waals surface area contributed by atoms with Gasteiger partial charge in [0.25, 0.3) is 0 Å². The average molecular weight is 440 g/mol. The molecule has 142 valence electrons. The Morgan fingerprint density at radius 3 is 2.07 bits per heavy atom. The first-order valence-corrected chi connectivity index (χ1v) is 9.88. The Balaban J connectivity index is 1.43. The lowest BCUT2D eigenvalue weighted by Gasteiger charge is -2.15. The molecule has 2 aromatic rings. The number of fused-ring (bicyclic) bond motifs is 1. The Bertz CT molecular complexity index is 924. The molecule has 6 heteroatoms. The molecule has 4 rings (SSSR count). The number of rotatable bonds is 4. The Morgan fingerprint density at radius 1 is 0.929 bits per heavy atom. The van der Waals surface area contributed by atoms with Gasteiger partial charge < -0.3 is 4.74 Å². The van der Waals surface area contributed by atoms with Crippen LogP contribution in [0.2, 0.25) is 0 Å². The number of esters is 1. The second-order valence-corrected chi connectivity index (χ2v) is 7.83. The van der Waals surface area contributed by atoms with Gasteiger partial charge in [0.2, 0.25) is 11.8 Å². The van der Waals surface area contributed by atoms with Crippen LogP contribution in [0, 0.1) is 11.8 Å². The molecule has 2 aromatic carbocycles. The maximum absolute atomic E-state index is 12.6. The van der Waals surface area contributed by atoms with Crippen molar-refractivity contribution in [1.29, 1.82) is 0 Å². The van der Waals surface area contributed by atoms with Gasteiger partial charge in [0.05, 0.1) is 23.1 Å². The van der Waals surface area contributed by atoms with Gasteiger partial charge in [-0.2, -0.15) is 0 Å². The highest BCUT2D eigenvalue weighted by atomic mass is 79.9. The first kappa shape index (κ1) is 18.6. The van der Waals surface area contributed by atoms with Crippen LogP contribution in [0.5, 0.6) is 0 Å². The highest BCUT2D eigenvalue weighted by Gasteiger charge is 2.47. The zero-order valence-corrected chi connectivity index (χ0v) is 16.6. The van der Waals surface area contributed by atoms with Gasteiger partial charge in [0.15, 0.2) is 0 Å². The van der Waals surface area contributed by atoms with E-state index in [9.17, 15) is 14.4 Å². The van der Waals surface area contributed by atoms with Gasteiger partial charge >= 0.3 is 5.97 Å². The van der Waals surface area contributed by atoms with Crippen molar-refractivity contribution in [3.63, 3.8) is 0 Å². The van der Waals surface area contributed by atoms with Crippen LogP contribution in [0.15, 0.2) is 65.2 Å². The Morgan fingerprint density at radius 2 is 1.50 bits per heavy atom. The number of ether oxygens (including phenoxy) is 1. The van der Waals surface area contributed by atoms with Gasteiger partial charge in [-0.15, -0.1) is 0 Å². The number of anilines is 1. The lowest BCUT2D eigenvalue weighted by Crippen LogP contribution is -2.30. The minimum absolute atomic E-state index is 0.162. The van der Waals surface area contributed by atoms with Crippen LogP contribution >= 0.6 is 15.9 Å². The minimum atomic E-state index is -0.452. The molecular weight excluding hydrogens is 422 g/mol. The third-order valence-electron chi connectivity index (χ3n) is 5.15. The topological polar surface area (TPSA) is 63.7 Å². The zero-order valence-electron chi connectivity index (χ0n) is 15.0. The molecule has 0 unspecified atom stereocenters. The molecule has 0 spiro atoms. The molecule has 2 aliphatic rings. The van der Waals surface area contributed by atoms with E-state index in [0.29, 0.717) is 24.1 Å². The number of halogens is 1. The second-order valence-electron chi connectivity index (χ2n) is 6.92. The smallest absolute Gasteiger partial charge is 0.338 e. The van der Waals surface area contributed by atoms with E-state index in [1.807, 2.05) is 36.4 Å². The van der Waals surface area contributed by atoms with Crippen LogP contribution in [-0.2, 0) is 20.9 Å². The van der Waals surface area contributed by atoms with Crippen molar-refractivity contribution in [3.8, 4) is 0 Å². The summed E-state index contributed by atoms with van der Waals surface area (Å²) in [5, 5.41) is 0. The number of allylic oxidation sites excluding steroid dienone is 2. The molecule has 2 amide bonds. The number of amides is 2. The molecule has 1 saturated heterocycles. The molecule has 0 N–H and O–H groups in total. The largest absolute Gasteiger partial charge is 0.457 e. The van der Waals surface area contributed by atoms with E-state index in [1.54, 1.807) is 24.3 Å². The second kappa shape index (κ2) is 7.72. The van der Waals surface area contributed by atoms with Crippen LogP contribution in [0.1, 0.15) is 28.8 Å². The summed E-state index contributed by atoms with van der Waals surface area (Å²) in [5.74, 6) is -1.32. The molecular formula is C22H18BrNO4. The van der Waals surface area contributed by atoms with Gasteiger partial charge in [0.1, 0.15) is 6.61 Å².